The van der Waals surface area contributed by atoms with Crippen LogP contribution in [0.3, 0.4) is 0 Å². The molecule has 0 heterocycles. The first-order chi connectivity index (χ1) is 10.5. The molecule has 1 N–H and O–H groups in total. The third-order valence-electron chi connectivity index (χ3n) is 3.58. The van der Waals surface area contributed by atoms with Gasteiger partial charge in [-0.15, -0.1) is 0 Å². The second kappa shape index (κ2) is 7.08. The summed E-state index contributed by atoms with van der Waals surface area (Å²) in [5, 5.41) is 3.02. The summed E-state index contributed by atoms with van der Waals surface area (Å²) in [6.07, 6.45) is 2.16. The number of nitrogens with one attached hydrogen (secondary N) is 1. The predicted molar refractivity (Wildman–Crippen MR) is 92.6 cm³/mol. The van der Waals surface area contributed by atoms with E-state index >= 15 is 0 Å². The smallest absolute Gasteiger partial charge is 0.251 e. The van der Waals surface area contributed by atoms with E-state index in [1.54, 1.807) is 0 Å². The van der Waals surface area contributed by atoms with Crippen molar-refractivity contribution in [3.05, 3.63) is 77.4 Å². The zero-order chi connectivity index (χ0) is 16.0. The SMILES string of the molecule is CC(C)(C)/C(=C\c1ccccc1)CNC(=O)c1ccccc1. The van der Waals surface area contributed by atoms with Gasteiger partial charge in [0.25, 0.3) is 5.91 Å². The fourth-order valence-corrected chi connectivity index (χ4v) is 2.15. The van der Waals surface area contributed by atoms with E-state index in [-0.39, 0.29) is 11.3 Å². The molecule has 1 amide bonds. The molecular weight excluding hydrogens is 270 g/mol. The van der Waals surface area contributed by atoms with E-state index < -0.39 is 0 Å². The number of hydrogen-bond donors (Lipinski definition) is 1. The fourth-order valence-electron chi connectivity index (χ4n) is 2.15. The van der Waals surface area contributed by atoms with Crippen molar-refractivity contribution in [2.75, 3.05) is 6.54 Å². The summed E-state index contributed by atoms with van der Waals surface area (Å²) in [6.45, 7) is 7.04. The highest BCUT2D eigenvalue weighted by Gasteiger charge is 2.18. The third-order valence-corrected chi connectivity index (χ3v) is 3.58. The third kappa shape index (κ3) is 4.59. The Morgan fingerprint density at radius 1 is 0.955 bits per heavy atom. The van der Waals surface area contributed by atoms with Crippen LogP contribution in [0, 0.1) is 5.41 Å². The van der Waals surface area contributed by atoms with Crippen molar-refractivity contribution in [1.82, 2.24) is 5.32 Å². The number of benzene rings is 2. The lowest BCUT2D eigenvalue weighted by Crippen LogP contribution is -2.29. The summed E-state index contributed by atoms with van der Waals surface area (Å²) in [5.41, 5.74) is 3.04. The average Bonchev–Trinajstić information content (AvgIpc) is 2.52. The van der Waals surface area contributed by atoms with Crippen LogP contribution in [0.15, 0.2) is 66.2 Å². The van der Waals surface area contributed by atoms with Crippen molar-refractivity contribution in [3.8, 4) is 0 Å². The molecule has 2 aromatic carbocycles. The summed E-state index contributed by atoms with van der Waals surface area (Å²) >= 11 is 0. The lowest BCUT2D eigenvalue weighted by atomic mass is 9.85. The van der Waals surface area contributed by atoms with Crippen LogP contribution in [-0.2, 0) is 0 Å². The highest BCUT2D eigenvalue weighted by molar-refractivity contribution is 5.94. The molecule has 0 saturated heterocycles. The molecule has 0 radical (unpaired) electrons. The summed E-state index contributed by atoms with van der Waals surface area (Å²) in [7, 11) is 0. The zero-order valence-electron chi connectivity index (χ0n) is 13.5. The number of carbonyl (C=O) groups excluding carboxylic acids is 1. The van der Waals surface area contributed by atoms with Gasteiger partial charge in [-0.25, -0.2) is 0 Å². The van der Waals surface area contributed by atoms with Crippen LogP contribution in [0.2, 0.25) is 0 Å². The maximum Gasteiger partial charge on any atom is 0.251 e. The summed E-state index contributed by atoms with van der Waals surface area (Å²) in [5.74, 6) is -0.0381. The molecule has 0 aromatic heterocycles. The number of rotatable bonds is 4. The van der Waals surface area contributed by atoms with Gasteiger partial charge >= 0.3 is 0 Å². The minimum absolute atomic E-state index is 0.000189. The van der Waals surface area contributed by atoms with Crippen molar-refractivity contribution >= 4 is 12.0 Å². The quantitative estimate of drug-likeness (QED) is 0.880. The van der Waals surface area contributed by atoms with E-state index in [0.29, 0.717) is 12.1 Å². The topological polar surface area (TPSA) is 29.1 Å². The normalized spacial score (nSPS) is 12.0. The van der Waals surface area contributed by atoms with Crippen LogP contribution in [0.1, 0.15) is 36.7 Å². The molecule has 22 heavy (non-hydrogen) atoms. The molecule has 0 unspecified atom stereocenters. The van der Waals surface area contributed by atoms with Crippen molar-refractivity contribution in [3.63, 3.8) is 0 Å². The molecule has 114 valence electrons. The Bertz CT molecular complexity index is 636. The lowest BCUT2D eigenvalue weighted by molar-refractivity contribution is 0.0955. The van der Waals surface area contributed by atoms with Crippen molar-refractivity contribution < 1.29 is 4.79 Å². The van der Waals surface area contributed by atoms with Gasteiger partial charge in [0, 0.05) is 12.1 Å². The Morgan fingerprint density at radius 2 is 1.50 bits per heavy atom. The molecule has 0 aliphatic rings. The van der Waals surface area contributed by atoms with E-state index in [1.807, 2.05) is 48.5 Å². The van der Waals surface area contributed by atoms with Crippen LogP contribution < -0.4 is 5.32 Å². The van der Waals surface area contributed by atoms with E-state index in [4.69, 9.17) is 0 Å². The van der Waals surface area contributed by atoms with Crippen LogP contribution in [-0.4, -0.2) is 12.5 Å². The maximum atomic E-state index is 12.2. The van der Waals surface area contributed by atoms with Crippen molar-refractivity contribution in [2.45, 2.75) is 20.8 Å². The van der Waals surface area contributed by atoms with Gasteiger partial charge in [-0.1, -0.05) is 75.4 Å². The van der Waals surface area contributed by atoms with E-state index in [2.05, 4.69) is 44.3 Å². The standard InChI is InChI=1S/C20H23NO/c1-20(2,3)18(14-16-10-6-4-7-11-16)15-21-19(22)17-12-8-5-9-13-17/h4-14H,15H2,1-3H3,(H,21,22)/b18-14-. The largest absolute Gasteiger partial charge is 0.348 e. The molecule has 0 fully saturated rings. The van der Waals surface area contributed by atoms with E-state index in [9.17, 15) is 4.79 Å². The Labute approximate surface area is 132 Å². The summed E-state index contributed by atoms with van der Waals surface area (Å²) in [6, 6.07) is 19.5. The van der Waals surface area contributed by atoms with Crippen LogP contribution in [0.4, 0.5) is 0 Å². The maximum absolute atomic E-state index is 12.2. The Balaban J connectivity index is 2.12. The molecular formula is C20H23NO. The average molecular weight is 293 g/mol. The fraction of sp³-hybridized carbons (Fsp3) is 0.250. The molecule has 0 saturated carbocycles. The number of amides is 1. The highest BCUT2D eigenvalue weighted by atomic mass is 16.1. The lowest BCUT2D eigenvalue weighted by Gasteiger charge is -2.24. The Hall–Kier alpha value is -2.35. The van der Waals surface area contributed by atoms with Crippen molar-refractivity contribution in [2.24, 2.45) is 5.41 Å². The van der Waals surface area contributed by atoms with Gasteiger partial charge in [0.15, 0.2) is 0 Å². The second-order valence-electron chi connectivity index (χ2n) is 6.38. The van der Waals surface area contributed by atoms with Gasteiger partial charge in [-0.2, -0.15) is 0 Å². The molecule has 0 aliphatic heterocycles. The minimum Gasteiger partial charge on any atom is -0.348 e. The first-order valence-electron chi connectivity index (χ1n) is 7.56. The highest BCUT2D eigenvalue weighted by Crippen LogP contribution is 2.26. The summed E-state index contributed by atoms with van der Waals surface area (Å²) < 4.78 is 0. The van der Waals surface area contributed by atoms with Gasteiger partial charge in [-0.05, 0) is 28.7 Å². The van der Waals surface area contributed by atoms with Gasteiger partial charge in [0.05, 0.1) is 0 Å². The molecule has 2 heteroatoms. The van der Waals surface area contributed by atoms with Gasteiger partial charge < -0.3 is 5.32 Å². The molecule has 0 spiro atoms. The Morgan fingerprint density at radius 3 is 2.05 bits per heavy atom. The van der Waals surface area contributed by atoms with Crippen LogP contribution >= 0.6 is 0 Å². The van der Waals surface area contributed by atoms with Gasteiger partial charge in [0.1, 0.15) is 0 Å². The number of carbonyl (C=O) groups is 1. The monoisotopic (exact) mass is 293 g/mol. The van der Waals surface area contributed by atoms with Crippen LogP contribution in [0.25, 0.3) is 6.08 Å². The first-order valence-corrected chi connectivity index (χ1v) is 7.56. The molecule has 0 aliphatic carbocycles. The second-order valence-corrected chi connectivity index (χ2v) is 6.38. The number of hydrogen-bond acceptors (Lipinski definition) is 1. The molecule has 2 nitrogen and oxygen atoms in total. The Kier molecular flexibility index (Phi) is 5.16. The van der Waals surface area contributed by atoms with E-state index in [0.717, 1.165) is 5.56 Å². The van der Waals surface area contributed by atoms with Crippen molar-refractivity contribution in [1.29, 1.82) is 0 Å². The minimum atomic E-state index is -0.0381. The van der Waals surface area contributed by atoms with E-state index in [1.165, 1.54) is 5.57 Å². The zero-order valence-corrected chi connectivity index (χ0v) is 13.5. The molecule has 0 atom stereocenters. The summed E-state index contributed by atoms with van der Waals surface area (Å²) in [4.78, 5) is 12.2. The first kappa shape index (κ1) is 16.0. The van der Waals surface area contributed by atoms with Gasteiger partial charge in [-0.3, -0.25) is 4.79 Å². The predicted octanol–water partition coefficient (Wildman–Crippen LogP) is 4.55. The van der Waals surface area contributed by atoms with Gasteiger partial charge in [0.2, 0.25) is 0 Å². The molecule has 2 rings (SSSR count). The molecule has 2 aromatic rings. The molecule has 0 bridgehead atoms. The van der Waals surface area contributed by atoms with Crippen LogP contribution in [0.5, 0.6) is 0 Å².